The maximum absolute atomic E-state index is 8.87. The summed E-state index contributed by atoms with van der Waals surface area (Å²) in [5.74, 6) is 0.733. The van der Waals surface area contributed by atoms with Crippen LogP contribution in [0.25, 0.3) is 0 Å². The highest BCUT2D eigenvalue weighted by Crippen LogP contribution is 2.28. The van der Waals surface area contributed by atoms with Crippen molar-refractivity contribution in [3.8, 4) is 11.8 Å². The molecule has 1 aromatic carbocycles. The Hall–Kier alpha value is -1.73. The zero-order valence-corrected chi connectivity index (χ0v) is 11.1. The van der Waals surface area contributed by atoms with Crippen LogP contribution in [0.3, 0.4) is 0 Å². The molecule has 0 aliphatic carbocycles. The van der Waals surface area contributed by atoms with Crippen molar-refractivity contribution in [3.05, 3.63) is 23.8 Å². The number of likely N-dealkylation sites (tertiary alicyclic amines) is 1. The van der Waals surface area contributed by atoms with Crippen molar-refractivity contribution in [1.29, 1.82) is 5.26 Å². The summed E-state index contributed by atoms with van der Waals surface area (Å²) in [5, 5.41) is 12.4. The second-order valence-corrected chi connectivity index (χ2v) is 4.89. The summed E-state index contributed by atoms with van der Waals surface area (Å²) in [6.45, 7) is 3.27. The average Bonchev–Trinajstić information content (AvgIpc) is 2.69. The number of nitriles is 1. The fourth-order valence-electron chi connectivity index (χ4n) is 2.40. The summed E-state index contributed by atoms with van der Waals surface area (Å²) in [4.78, 5) is 2.34. The Labute approximate surface area is 108 Å². The van der Waals surface area contributed by atoms with Crippen molar-refractivity contribution in [2.24, 2.45) is 0 Å². The van der Waals surface area contributed by atoms with E-state index in [2.05, 4.69) is 30.3 Å². The Morgan fingerprint density at radius 1 is 1.50 bits per heavy atom. The highest BCUT2D eigenvalue weighted by atomic mass is 16.5. The van der Waals surface area contributed by atoms with Crippen molar-refractivity contribution < 1.29 is 4.74 Å². The molecule has 1 fully saturated rings. The molecule has 0 saturated carbocycles. The van der Waals surface area contributed by atoms with Crippen molar-refractivity contribution in [1.82, 2.24) is 4.90 Å². The number of nitrogens with zero attached hydrogens (tertiary/aromatic N) is 2. The zero-order valence-electron chi connectivity index (χ0n) is 11.1. The van der Waals surface area contributed by atoms with E-state index in [1.54, 1.807) is 13.2 Å². The van der Waals surface area contributed by atoms with Crippen LogP contribution in [0.4, 0.5) is 5.69 Å². The normalized spacial score (nSPS) is 23.7. The van der Waals surface area contributed by atoms with Crippen LogP contribution in [0.2, 0.25) is 0 Å². The number of rotatable bonds is 3. The second kappa shape index (κ2) is 5.28. The molecule has 96 valence electrons. The van der Waals surface area contributed by atoms with E-state index in [1.165, 1.54) is 0 Å². The first-order valence-electron chi connectivity index (χ1n) is 6.19. The molecule has 0 radical (unpaired) electrons. The minimum Gasteiger partial charge on any atom is -0.495 e. The van der Waals surface area contributed by atoms with E-state index in [9.17, 15) is 0 Å². The Morgan fingerprint density at radius 3 is 2.83 bits per heavy atom. The summed E-state index contributed by atoms with van der Waals surface area (Å²) in [5.41, 5.74) is 1.58. The van der Waals surface area contributed by atoms with Gasteiger partial charge in [-0.25, -0.2) is 0 Å². The lowest BCUT2D eigenvalue weighted by molar-refractivity contribution is 0.330. The van der Waals surface area contributed by atoms with E-state index >= 15 is 0 Å². The molecular weight excluding hydrogens is 226 g/mol. The molecule has 1 heterocycles. The highest BCUT2D eigenvalue weighted by Gasteiger charge is 2.26. The molecule has 4 nitrogen and oxygen atoms in total. The van der Waals surface area contributed by atoms with Gasteiger partial charge in [-0.3, -0.25) is 0 Å². The molecule has 1 aliphatic rings. The number of methoxy groups -OCH3 is 1. The van der Waals surface area contributed by atoms with E-state index < -0.39 is 0 Å². The molecule has 2 unspecified atom stereocenters. The van der Waals surface area contributed by atoms with Crippen LogP contribution in [0.5, 0.6) is 5.75 Å². The quantitative estimate of drug-likeness (QED) is 0.885. The third kappa shape index (κ3) is 2.57. The summed E-state index contributed by atoms with van der Waals surface area (Å²) in [6, 6.07) is 8.66. The van der Waals surface area contributed by atoms with Crippen LogP contribution in [-0.4, -0.2) is 37.7 Å². The van der Waals surface area contributed by atoms with Crippen LogP contribution in [0.1, 0.15) is 18.9 Å². The Bertz CT molecular complexity index is 457. The van der Waals surface area contributed by atoms with Gasteiger partial charge in [-0.05, 0) is 32.5 Å². The summed E-state index contributed by atoms with van der Waals surface area (Å²) in [7, 11) is 3.77. The summed E-state index contributed by atoms with van der Waals surface area (Å²) < 4.78 is 5.32. The van der Waals surface area contributed by atoms with E-state index in [0.29, 0.717) is 17.6 Å². The summed E-state index contributed by atoms with van der Waals surface area (Å²) >= 11 is 0. The number of hydrogen-bond acceptors (Lipinski definition) is 4. The molecule has 1 saturated heterocycles. The Kier molecular flexibility index (Phi) is 3.73. The van der Waals surface area contributed by atoms with Gasteiger partial charge in [-0.1, -0.05) is 0 Å². The van der Waals surface area contributed by atoms with Gasteiger partial charge in [0.1, 0.15) is 5.75 Å². The van der Waals surface area contributed by atoms with Crippen molar-refractivity contribution in [2.45, 2.75) is 25.4 Å². The first kappa shape index (κ1) is 12.7. The molecule has 1 aliphatic heterocycles. The topological polar surface area (TPSA) is 48.3 Å². The van der Waals surface area contributed by atoms with Gasteiger partial charge in [-0.2, -0.15) is 5.26 Å². The largest absolute Gasteiger partial charge is 0.495 e. The molecule has 0 bridgehead atoms. The molecular formula is C14H19N3O. The van der Waals surface area contributed by atoms with Crippen LogP contribution < -0.4 is 10.1 Å². The zero-order chi connectivity index (χ0) is 13.1. The number of benzene rings is 1. The van der Waals surface area contributed by atoms with Crippen molar-refractivity contribution in [3.63, 3.8) is 0 Å². The van der Waals surface area contributed by atoms with Gasteiger partial charge in [0, 0.05) is 24.7 Å². The lowest BCUT2D eigenvalue weighted by atomic mass is 10.1. The number of hydrogen-bond donors (Lipinski definition) is 1. The van der Waals surface area contributed by atoms with Crippen molar-refractivity contribution in [2.75, 3.05) is 26.0 Å². The Morgan fingerprint density at radius 2 is 2.28 bits per heavy atom. The van der Waals surface area contributed by atoms with Gasteiger partial charge in [0.2, 0.25) is 0 Å². The Balaban J connectivity index is 2.12. The molecule has 4 heteroatoms. The smallest absolute Gasteiger partial charge is 0.143 e. The average molecular weight is 245 g/mol. The van der Waals surface area contributed by atoms with E-state index in [-0.39, 0.29) is 0 Å². The first-order valence-corrected chi connectivity index (χ1v) is 6.19. The van der Waals surface area contributed by atoms with Gasteiger partial charge in [-0.15, -0.1) is 0 Å². The van der Waals surface area contributed by atoms with Crippen LogP contribution in [-0.2, 0) is 0 Å². The highest BCUT2D eigenvalue weighted by molar-refractivity contribution is 5.60. The maximum atomic E-state index is 8.87. The number of likely N-dealkylation sites (N-methyl/N-ethyl adjacent to an activating group) is 1. The molecule has 2 atom stereocenters. The molecule has 2 rings (SSSR count). The van der Waals surface area contributed by atoms with E-state index in [0.717, 1.165) is 24.4 Å². The van der Waals surface area contributed by atoms with Crippen LogP contribution in [0, 0.1) is 11.3 Å². The third-order valence-corrected chi connectivity index (χ3v) is 3.58. The fourth-order valence-corrected chi connectivity index (χ4v) is 2.40. The maximum Gasteiger partial charge on any atom is 0.143 e. The molecule has 1 N–H and O–H groups in total. The minimum absolute atomic E-state index is 0.437. The first-order chi connectivity index (χ1) is 8.63. The number of ether oxygens (including phenoxy) is 1. The molecule has 1 aromatic rings. The van der Waals surface area contributed by atoms with Crippen molar-refractivity contribution >= 4 is 5.69 Å². The number of anilines is 1. The second-order valence-electron chi connectivity index (χ2n) is 4.89. The predicted octanol–water partition coefficient (Wildman–Crippen LogP) is 2.07. The van der Waals surface area contributed by atoms with Gasteiger partial charge in [0.15, 0.2) is 0 Å². The number of nitrogens with one attached hydrogen (secondary N) is 1. The van der Waals surface area contributed by atoms with Crippen LogP contribution >= 0.6 is 0 Å². The minimum atomic E-state index is 0.437. The lowest BCUT2D eigenvalue weighted by Gasteiger charge is -2.16. The fraction of sp³-hybridized carbons (Fsp3) is 0.500. The van der Waals surface area contributed by atoms with Gasteiger partial charge >= 0.3 is 0 Å². The predicted molar refractivity (Wildman–Crippen MR) is 71.8 cm³/mol. The van der Waals surface area contributed by atoms with E-state index in [1.807, 2.05) is 12.1 Å². The third-order valence-electron chi connectivity index (χ3n) is 3.58. The molecule has 0 spiro atoms. The van der Waals surface area contributed by atoms with E-state index in [4.69, 9.17) is 10.00 Å². The molecule has 0 aromatic heterocycles. The summed E-state index contributed by atoms with van der Waals surface area (Å²) in [6.07, 6.45) is 1.12. The SMILES string of the molecule is COc1cc(C#N)ccc1NC1CC(C)N(C)C1. The van der Waals surface area contributed by atoms with Crippen LogP contribution in [0.15, 0.2) is 18.2 Å². The van der Waals surface area contributed by atoms with Gasteiger partial charge in [0.25, 0.3) is 0 Å². The molecule has 18 heavy (non-hydrogen) atoms. The standard InChI is InChI=1S/C14H19N3O/c1-10-6-12(9-17(10)2)16-13-5-4-11(8-15)7-14(13)18-3/h4-5,7,10,12,16H,6,9H2,1-3H3. The van der Waals surface area contributed by atoms with Gasteiger partial charge in [0.05, 0.1) is 24.4 Å². The monoisotopic (exact) mass is 245 g/mol. The van der Waals surface area contributed by atoms with Gasteiger partial charge < -0.3 is 15.0 Å². The lowest BCUT2D eigenvalue weighted by Crippen LogP contribution is -2.25. The molecule has 0 amide bonds.